The Morgan fingerprint density at radius 1 is 1.25 bits per heavy atom. The van der Waals surface area contributed by atoms with Gasteiger partial charge in [0.2, 0.25) is 0 Å². The zero-order chi connectivity index (χ0) is 14.9. The van der Waals surface area contributed by atoms with Crippen LogP contribution in [0.15, 0.2) is 22.7 Å². The Morgan fingerprint density at radius 2 is 1.85 bits per heavy atom. The molecule has 1 fully saturated rings. The first-order valence-corrected chi connectivity index (χ1v) is 8.31. The zero-order valence-electron chi connectivity index (χ0n) is 13.0. The molecule has 0 aliphatic carbocycles. The van der Waals surface area contributed by atoms with Crippen molar-refractivity contribution in [3.63, 3.8) is 0 Å². The van der Waals surface area contributed by atoms with Crippen molar-refractivity contribution in [2.45, 2.75) is 46.6 Å². The Bertz CT molecular complexity index is 457. The number of aliphatic hydroxyl groups is 1. The molecule has 1 N–H and O–H groups in total. The molecular weight excluding hydrogens is 314 g/mol. The summed E-state index contributed by atoms with van der Waals surface area (Å²) in [5.41, 5.74) is 2.63. The molecule has 20 heavy (non-hydrogen) atoms. The minimum atomic E-state index is -0.410. The molecule has 1 aromatic rings. The third-order valence-corrected chi connectivity index (χ3v) is 5.15. The van der Waals surface area contributed by atoms with E-state index >= 15 is 0 Å². The van der Waals surface area contributed by atoms with Crippen LogP contribution in [-0.2, 0) is 0 Å². The van der Waals surface area contributed by atoms with Gasteiger partial charge in [-0.1, -0.05) is 26.8 Å². The number of nitrogens with zero attached hydrogens (tertiary/aromatic N) is 1. The number of halogens is 1. The van der Waals surface area contributed by atoms with Crippen LogP contribution in [-0.4, -0.2) is 18.2 Å². The van der Waals surface area contributed by atoms with E-state index in [-0.39, 0.29) is 0 Å². The number of anilines is 1. The predicted octanol–water partition coefficient (Wildman–Crippen LogP) is 4.76. The third kappa shape index (κ3) is 3.56. The second-order valence-electron chi connectivity index (χ2n) is 7.01. The second kappa shape index (κ2) is 6.07. The van der Waals surface area contributed by atoms with Crippen molar-refractivity contribution < 1.29 is 5.11 Å². The van der Waals surface area contributed by atoms with Crippen molar-refractivity contribution in [2.24, 2.45) is 11.3 Å². The quantitative estimate of drug-likeness (QED) is 0.839. The number of benzene rings is 1. The van der Waals surface area contributed by atoms with E-state index in [0.717, 1.165) is 29.0 Å². The van der Waals surface area contributed by atoms with Gasteiger partial charge in [0, 0.05) is 17.6 Å². The van der Waals surface area contributed by atoms with Crippen LogP contribution in [0.3, 0.4) is 0 Å². The van der Waals surface area contributed by atoms with Crippen molar-refractivity contribution in [1.29, 1.82) is 0 Å². The standard InChI is InChI=1S/C17H26BrNO/c1-12(20)13-5-6-16(15(18)11-13)19-9-7-14(8-10-19)17(2,3)4/h5-6,11-12,14,20H,7-10H2,1-4H3. The van der Waals surface area contributed by atoms with Crippen LogP contribution in [0.4, 0.5) is 5.69 Å². The average molecular weight is 340 g/mol. The van der Waals surface area contributed by atoms with Gasteiger partial charge in [0.05, 0.1) is 11.8 Å². The first-order chi connectivity index (χ1) is 9.29. The number of hydrogen-bond acceptors (Lipinski definition) is 2. The Hall–Kier alpha value is -0.540. The van der Waals surface area contributed by atoms with Crippen molar-refractivity contribution in [1.82, 2.24) is 0 Å². The van der Waals surface area contributed by atoms with Crippen LogP contribution in [0.5, 0.6) is 0 Å². The summed E-state index contributed by atoms with van der Waals surface area (Å²) in [6, 6.07) is 6.19. The highest BCUT2D eigenvalue weighted by molar-refractivity contribution is 9.10. The van der Waals surface area contributed by atoms with Gasteiger partial charge < -0.3 is 10.0 Å². The highest BCUT2D eigenvalue weighted by atomic mass is 79.9. The number of aliphatic hydroxyl groups excluding tert-OH is 1. The highest BCUT2D eigenvalue weighted by Crippen LogP contribution is 2.37. The van der Waals surface area contributed by atoms with Gasteiger partial charge in [-0.15, -0.1) is 0 Å². The largest absolute Gasteiger partial charge is 0.389 e. The summed E-state index contributed by atoms with van der Waals surface area (Å²) in [7, 11) is 0. The summed E-state index contributed by atoms with van der Waals surface area (Å²) < 4.78 is 1.09. The molecule has 0 aromatic heterocycles. The van der Waals surface area contributed by atoms with Gasteiger partial charge in [-0.2, -0.15) is 0 Å². The van der Waals surface area contributed by atoms with Gasteiger partial charge in [0.1, 0.15) is 0 Å². The van der Waals surface area contributed by atoms with Gasteiger partial charge in [0.15, 0.2) is 0 Å². The molecule has 1 aromatic carbocycles. The average Bonchev–Trinajstić information content (AvgIpc) is 2.37. The van der Waals surface area contributed by atoms with E-state index in [9.17, 15) is 5.11 Å². The van der Waals surface area contributed by atoms with Crippen LogP contribution >= 0.6 is 15.9 Å². The molecule has 0 spiro atoms. The lowest BCUT2D eigenvalue weighted by Crippen LogP contribution is -2.38. The molecule has 2 rings (SSSR count). The lowest BCUT2D eigenvalue weighted by Gasteiger charge is -2.40. The summed E-state index contributed by atoms with van der Waals surface area (Å²) in [6.45, 7) is 11.1. The van der Waals surface area contributed by atoms with Crippen LogP contribution in [0.1, 0.15) is 52.2 Å². The van der Waals surface area contributed by atoms with Gasteiger partial charge >= 0.3 is 0 Å². The van der Waals surface area contributed by atoms with Crippen LogP contribution < -0.4 is 4.90 Å². The van der Waals surface area contributed by atoms with Gasteiger partial charge in [-0.25, -0.2) is 0 Å². The molecule has 0 amide bonds. The van der Waals surface area contributed by atoms with E-state index in [1.807, 2.05) is 12.1 Å². The number of piperidine rings is 1. The van der Waals surface area contributed by atoms with E-state index in [4.69, 9.17) is 0 Å². The summed E-state index contributed by atoms with van der Waals surface area (Å²) in [6.07, 6.45) is 2.11. The minimum Gasteiger partial charge on any atom is -0.389 e. The van der Waals surface area contributed by atoms with Crippen LogP contribution in [0, 0.1) is 11.3 Å². The van der Waals surface area contributed by atoms with E-state index in [0.29, 0.717) is 5.41 Å². The summed E-state index contributed by atoms with van der Waals surface area (Å²) in [5.74, 6) is 0.814. The smallest absolute Gasteiger partial charge is 0.0762 e. The molecule has 1 atom stereocenters. The molecule has 1 aliphatic heterocycles. The fourth-order valence-corrected chi connectivity index (χ4v) is 3.67. The van der Waals surface area contributed by atoms with Gasteiger partial charge in [-0.05, 0) is 64.7 Å². The zero-order valence-corrected chi connectivity index (χ0v) is 14.6. The molecule has 1 aliphatic rings. The molecule has 3 heteroatoms. The SMILES string of the molecule is CC(O)c1ccc(N2CCC(C(C)(C)C)CC2)c(Br)c1. The maximum atomic E-state index is 9.64. The maximum absolute atomic E-state index is 9.64. The molecule has 2 nitrogen and oxygen atoms in total. The number of rotatable bonds is 2. The normalized spacial score (nSPS) is 19.2. The molecule has 1 saturated heterocycles. The monoisotopic (exact) mass is 339 g/mol. The number of hydrogen-bond donors (Lipinski definition) is 1. The second-order valence-corrected chi connectivity index (χ2v) is 7.87. The maximum Gasteiger partial charge on any atom is 0.0762 e. The van der Waals surface area contributed by atoms with Crippen molar-refractivity contribution in [3.8, 4) is 0 Å². The molecule has 1 unspecified atom stereocenters. The minimum absolute atomic E-state index is 0.410. The predicted molar refractivity (Wildman–Crippen MR) is 89.2 cm³/mol. The van der Waals surface area contributed by atoms with Crippen LogP contribution in [0.2, 0.25) is 0 Å². The van der Waals surface area contributed by atoms with Gasteiger partial charge in [0.25, 0.3) is 0 Å². The molecule has 0 bridgehead atoms. The van der Waals surface area contributed by atoms with E-state index in [1.54, 1.807) is 6.92 Å². The Kier molecular flexibility index (Phi) is 4.80. The molecule has 112 valence electrons. The lowest BCUT2D eigenvalue weighted by molar-refractivity contribution is 0.198. The fraction of sp³-hybridized carbons (Fsp3) is 0.647. The first kappa shape index (κ1) is 15.8. The van der Waals surface area contributed by atoms with Crippen LogP contribution in [0.25, 0.3) is 0 Å². The summed E-state index contributed by atoms with van der Waals surface area (Å²) in [5, 5.41) is 9.64. The van der Waals surface area contributed by atoms with Crippen molar-refractivity contribution in [2.75, 3.05) is 18.0 Å². The van der Waals surface area contributed by atoms with Crippen molar-refractivity contribution >= 4 is 21.6 Å². The fourth-order valence-electron chi connectivity index (χ4n) is 3.03. The third-order valence-electron chi connectivity index (χ3n) is 4.51. The van der Waals surface area contributed by atoms with Crippen molar-refractivity contribution in [3.05, 3.63) is 28.2 Å². The molecular formula is C17H26BrNO. The first-order valence-electron chi connectivity index (χ1n) is 7.51. The molecule has 1 heterocycles. The highest BCUT2D eigenvalue weighted by Gasteiger charge is 2.29. The van der Waals surface area contributed by atoms with E-state index < -0.39 is 6.10 Å². The summed E-state index contributed by atoms with van der Waals surface area (Å²) >= 11 is 3.65. The Morgan fingerprint density at radius 3 is 2.30 bits per heavy atom. The molecule has 0 radical (unpaired) electrons. The van der Waals surface area contributed by atoms with Gasteiger partial charge in [-0.3, -0.25) is 0 Å². The topological polar surface area (TPSA) is 23.5 Å². The lowest BCUT2D eigenvalue weighted by atomic mass is 9.75. The molecule has 0 saturated carbocycles. The summed E-state index contributed by atoms with van der Waals surface area (Å²) in [4.78, 5) is 2.46. The Balaban J connectivity index is 2.07. The van der Waals surface area contributed by atoms with E-state index in [1.165, 1.54) is 18.5 Å². The Labute approximate surface area is 131 Å². The van der Waals surface area contributed by atoms with E-state index in [2.05, 4.69) is 47.7 Å².